The second-order valence-electron chi connectivity index (χ2n) is 5.29. The van der Waals surface area contributed by atoms with Gasteiger partial charge in [-0.05, 0) is 48.4 Å². The minimum Gasteiger partial charge on any atom is -0.480 e. The Morgan fingerprint density at radius 2 is 1.83 bits per heavy atom. The fourth-order valence-corrected chi connectivity index (χ4v) is 2.69. The molecule has 0 aliphatic rings. The van der Waals surface area contributed by atoms with Crippen molar-refractivity contribution in [3.63, 3.8) is 0 Å². The van der Waals surface area contributed by atoms with Crippen LogP contribution in [0.5, 0.6) is 0 Å². The van der Waals surface area contributed by atoms with Crippen molar-refractivity contribution >= 4 is 17.6 Å². The van der Waals surface area contributed by atoms with Crippen LogP contribution in [0.25, 0.3) is 5.69 Å². The SMILES string of the molecule is Cc1ccccc1C(C(=O)O)c1ccn(-c2ccc(Cl)cc2)n1. The average molecular weight is 327 g/mol. The monoisotopic (exact) mass is 326 g/mol. The van der Waals surface area contributed by atoms with Gasteiger partial charge < -0.3 is 5.11 Å². The van der Waals surface area contributed by atoms with Gasteiger partial charge in [-0.1, -0.05) is 35.9 Å². The van der Waals surface area contributed by atoms with Crippen LogP contribution in [-0.4, -0.2) is 20.9 Å². The van der Waals surface area contributed by atoms with Gasteiger partial charge >= 0.3 is 5.97 Å². The number of hydrogen-bond acceptors (Lipinski definition) is 2. The summed E-state index contributed by atoms with van der Waals surface area (Å²) >= 11 is 5.89. The molecule has 1 heterocycles. The van der Waals surface area contributed by atoms with E-state index in [2.05, 4.69) is 5.10 Å². The van der Waals surface area contributed by atoms with E-state index in [0.29, 0.717) is 10.7 Å². The highest BCUT2D eigenvalue weighted by Gasteiger charge is 2.26. The summed E-state index contributed by atoms with van der Waals surface area (Å²) in [6.07, 6.45) is 1.76. The quantitative estimate of drug-likeness (QED) is 0.787. The molecule has 4 nitrogen and oxygen atoms in total. The van der Waals surface area contributed by atoms with Crippen molar-refractivity contribution in [1.29, 1.82) is 0 Å². The predicted molar refractivity (Wildman–Crippen MR) is 89.2 cm³/mol. The summed E-state index contributed by atoms with van der Waals surface area (Å²) in [6, 6.07) is 16.4. The molecule has 1 atom stereocenters. The molecule has 0 saturated carbocycles. The minimum atomic E-state index is -0.916. The summed E-state index contributed by atoms with van der Waals surface area (Å²) in [6.45, 7) is 1.90. The standard InChI is InChI=1S/C18H15ClN2O2/c1-12-4-2-3-5-15(12)17(18(22)23)16-10-11-21(20-16)14-8-6-13(19)7-9-14/h2-11,17H,1H3,(H,22,23). The van der Waals surface area contributed by atoms with Crippen molar-refractivity contribution in [2.75, 3.05) is 0 Å². The summed E-state index contributed by atoms with van der Waals surface area (Å²) < 4.78 is 1.65. The lowest BCUT2D eigenvalue weighted by molar-refractivity contribution is -0.137. The molecule has 0 fully saturated rings. The third-order valence-corrected chi connectivity index (χ3v) is 4.00. The van der Waals surface area contributed by atoms with E-state index in [0.717, 1.165) is 16.8 Å². The Morgan fingerprint density at radius 1 is 1.13 bits per heavy atom. The van der Waals surface area contributed by atoms with Gasteiger partial charge in [0, 0.05) is 11.2 Å². The largest absolute Gasteiger partial charge is 0.480 e. The van der Waals surface area contributed by atoms with Crippen LogP contribution in [0.3, 0.4) is 0 Å². The number of aryl methyl sites for hydroxylation is 1. The maximum Gasteiger partial charge on any atom is 0.317 e. The van der Waals surface area contributed by atoms with Crippen LogP contribution in [-0.2, 0) is 4.79 Å². The first kappa shape index (κ1) is 15.3. The topological polar surface area (TPSA) is 55.1 Å². The molecule has 1 unspecified atom stereocenters. The number of aromatic nitrogens is 2. The van der Waals surface area contributed by atoms with E-state index < -0.39 is 11.9 Å². The number of aliphatic carboxylic acids is 1. The van der Waals surface area contributed by atoms with Gasteiger partial charge in [-0.3, -0.25) is 4.79 Å². The van der Waals surface area contributed by atoms with Gasteiger partial charge in [0.05, 0.1) is 11.4 Å². The Kier molecular flexibility index (Phi) is 4.17. The predicted octanol–water partition coefficient (Wildman–Crippen LogP) is 4.05. The zero-order valence-corrected chi connectivity index (χ0v) is 13.2. The molecule has 1 aromatic heterocycles. The molecule has 0 bridgehead atoms. The lowest BCUT2D eigenvalue weighted by Crippen LogP contribution is -2.15. The molecular formula is C18H15ClN2O2. The van der Waals surface area contributed by atoms with Crippen LogP contribution in [0, 0.1) is 6.92 Å². The van der Waals surface area contributed by atoms with Gasteiger partial charge in [-0.15, -0.1) is 0 Å². The van der Waals surface area contributed by atoms with Crippen molar-refractivity contribution in [2.24, 2.45) is 0 Å². The Labute approximate surface area is 139 Å². The molecule has 0 radical (unpaired) electrons. The van der Waals surface area contributed by atoms with Crippen LogP contribution in [0.2, 0.25) is 5.02 Å². The minimum absolute atomic E-state index is 0.502. The zero-order valence-electron chi connectivity index (χ0n) is 12.5. The molecule has 0 aliphatic carbocycles. The van der Waals surface area contributed by atoms with Crippen LogP contribution in [0.15, 0.2) is 60.8 Å². The molecule has 0 amide bonds. The van der Waals surface area contributed by atoms with Crippen molar-refractivity contribution in [3.05, 3.63) is 82.6 Å². The van der Waals surface area contributed by atoms with Crippen molar-refractivity contribution in [3.8, 4) is 5.69 Å². The molecule has 0 saturated heterocycles. The molecule has 2 aromatic carbocycles. The normalized spacial score (nSPS) is 12.1. The highest BCUT2D eigenvalue weighted by molar-refractivity contribution is 6.30. The molecule has 116 valence electrons. The van der Waals surface area contributed by atoms with E-state index in [-0.39, 0.29) is 0 Å². The summed E-state index contributed by atoms with van der Waals surface area (Å²) in [5.41, 5.74) is 3.01. The van der Waals surface area contributed by atoms with Gasteiger partial charge in [-0.2, -0.15) is 5.10 Å². The van der Waals surface area contributed by atoms with E-state index in [4.69, 9.17) is 11.6 Å². The summed E-state index contributed by atoms with van der Waals surface area (Å²) in [7, 11) is 0. The van der Waals surface area contributed by atoms with Crippen LogP contribution in [0.1, 0.15) is 22.7 Å². The fourth-order valence-electron chi connectivity index (χ4n) is 2.56. The van der Waals surface area contributed by atoms with Crippen LogP contribution < -0.4 is 0 Å². The van der Waals surface area contributed by atoms with Gasteiger partial charge in [0.2, 0.25) is 0 Å². The molecule has 1 N–H and O–H groups in total. The first-order valence-electron chi connectivity index (χ1n) is 7.16. The molecule has 5 heteroatoms. The number of rotatable bonds is 4. The number of hydrogen-bond donors (Lipinski definition) is 1. The molecule has 3 rings (SSSR count). The first-order chi connectivity index (χ1) is 11.1. The highest BCUT2D eigenvalue weighted by Crippen LogP contribution is 2.27. The third kappa shape index (κ3) is 3.12. The molecule has 0 spiro atoms. The summed E-state index contributed by atoms with van der Waals surface area (Å²) in [5, 5.41) is 14.7. The Hall–Kier alpha value is -2.59. The summed E-state index contributed by atoms with van der Waals surface area (Å²) in [5.74, 6) is -1.70. The number of carbonyl (C=O) groups is 1. The second-order valence-corrected chi connectivity index (χ2v) is 5.73. The Bertz CT molecular complexity index is 840. The van der Waals surface area contributed by atoms with E-state index in [1.54, 1.807) is 29.1 Å². The number of carboxylic acid groups (broad SMARTS) is 1. The Balaban J connectivity index is 2.01. The number of carboxylic acids is 1. The molecular weight excluding hydrogens is 312 g/mol. The van der Waals surface area contributed by atoms with Gasteiger partial charge in [0.1, 0.15) is 5.92 Å². The summed E-state index contributed by atoms with van der Waals surface area (Å²) in [4.78, 5) is 11.8. The van der Waals surface area contributed by atoms with E-state index in [1.165, 1.54) is 0 Å². The maximum atomic E-state index is 11.8. The van der Waals surface area contributed by atoms with Crippen LogP contribution in [0.4, 0.5) is 0 Å². The average Bonchev–Trinajstić information content (AvgIpc) is 2.99. The van der Waals surface area contributed by atoms with Gasteiger partial charge in [0.15, 0.2) is 0 Å². The zero-order chi connectivity index (χ0) is 16.4. The van der Waals surface area contributed by atoms with Gasteiger partial charge in [0.25, 0.3) is 0 Å². The van der Waals surface area contributed by atoms with Crippen LogP contribution >= 0.6 is 11.6 Å². The lowest BCUT2D eigenvalue weighted by Gasteiger charge is -2.13. The Morgan fingerprint density at radius 3 is 2.48 bits per heavy atom. The smallest absolute Gasteiger partial charge is 0.317 e. The maximum absolute atomic E-state index is 11.8. The van der Waals surface area contributed by atoms with E-state index in [1.807, 2.05) is 43.3 Å². The molecule has 23 heavy (non-hydrogen) atoms. The van der Waals surface area contributed by atoms with Crippen molar-refractivity contribution in [1.82, 2.24) is 9.78 Å². The number of halogens is 1. The molecule has 0 aliphatic heterocycles. The third-order valence-electron chi connectivity index (χ3n) is 3.74. The van der Waals surface area contributed by atoms with E-state index >= 15 is 0 Å². The second kappa shape index (κ2) is 6.26. The van der Waals surface area contributed by atoms with Crippen molar-refractivity contribution < 1.29 is 9.90 Å². The van der Waals surface area contributed by atoms with Crippen molar-refractivity contribution in [2.45, 2.75) is 12.8 Å². The van der Waals surface area contributed by atoms with E-state index in [9.17, 15) is 9.90 Å². The number of benzene rings is 2. The number of nitrogens with zero attached hydrogens (tertiary/aromatic N) is 2. The highest BCUT2D eigenvalue weighted by atomic mass is 35.5. The fraction of sp³-hybridized carbons (Fsp3) is 0.111. The lowest BCUT2D eigenvalue weighted by atomic mass is 9.92. The first-order valence-corrected chi connectivity index (χ1v) is 7.54. The van der Waals surface area contributed by atoms with Gasteiger partial charge in [-0.25, -0.2) is 4.68 Å². The molecule has 3 aromatic rings.